The maximum Gasteiger partial charge on any atom is 0.326 e. The number of aromatic amines is 1. The highest BCUT2D eigenvalue weighted by molar-refractivity contribution is 5.96. The zero-order valence-corrected chi connectivity index (χ0v) is 23.7. The number of amides is 4. The van der Waals surface area contributed by atoms with Crippen molar-refractivity contribution in [1.29, 1.82) is 0 Å². The lowest BCUT2D eigenvalue weighted by Crippen LogP contribution is -2.59. The number of imidazole rings is 1. The van der Waals surface area contributed by atoms with Gasteiger partial charge in [0.05, 0.1) is 12.4 Å². The van der Waals surface area contributed by atoms with Crippen LogP contribution in [0.2, 0.25) is 0 Å². The van der Waals surface area contributed by atoms with Gasteiger partial charge in [-0.05, 0) is 50.5 Å². The van der Waals surface area contributed by atoms with E-state index in [2.05, 4.69) is 31.2 Å². The van der Waals surface area contributed by atoms with Gasteiger partial charge in [-0.2, -0.15) is 0 Å². The number of nitrogens with zero attached hydrogens (tertiary/aromatic N) is 2. The fraction of sp³-hybridized carbons (Fsp3) is 0.704. The second-order valence-electron chi connectivity index (χ2n) is 11.4. The average molecular weight is 562 g/mol. The summed E-state index contributed by atoms with van der Waals surface area (Å²) in [5, 5.41) is 20.8. The number of likely N-dealkylation sites (tertiary alicyclic amines) is 1. The van der Waals surface area contributed by atoms with Gasteiger partial charge in [0.2, 0.25) is 23.6 Å². The predicted molar refractivity (Wildman–Crippen MR) is 146 cm³/mol. The van der Waals surface area contributed by atoms with Crippen molar-refractivity contribution in [2.45, 2.75) is 96.4 Å². The first-order valence-corrected chi connectivity index (χ1v) is 14.1. The summed E-state index contributed by atoms with van der Waals surface area (Å²) in [6, 6.07) is -4.16. The number of carbonyl (C=O) groups is 5. The molecular weight excluding hydrogens is 518 g/mol. The summed E-state index contributed by atoms with van der Waals surface area (Å²) in [7, 11) is 0. The number of carbonyl (C=O) groups excluding carboxylic acids is 4. The number of carboxylic acid groups (broad SMARTS) is 1. The quantitative estimate of drug-likeness (QED) is 0.193. The van der Waals surface area contributed by atoms with Crippen molar-refractivity contribution in [3.05, 3.63) is 18.2 Å². The Labute approximate surface area is 234 Å². The molecule has 3 rings (SSSR count). The van der Waals surface area contributed by atoms with Crippen LogP contribution in [0.25, 0.3) is 0 Å². The van der Waals surface area contributed by atoms with E-state index in [-0.39, 0.29) is 36.6 Å². The van der Waals surface area contributed by atoms with E-state index >= 15 is 0 Å². The largest absolute Gasteiger partial charge is 0.480 e. The Bertz CT molecular complexity index is 1040. The van der Waals surface area contributed by atoms with Crippen LogP contribution >= 0.6 is 0 Å². The molecule has 13 nitrogen and oxygen atoms in total. The Hall–Kier alpha value is -3.48. The third kappa shape index (κ3) is 8.26. The molecule has 2 fully saturated rings. The average Bonchev–Trinajstić information content (AvgIpc) is 3.67. The van der Waals surface area contributed by atoms with E-state index in [9.17, 15) is 29.1 Å². The Morgan fingerprint density at radius 1 is 1.02 bits per heavy atom. The van der Waals surface area contributed by atoms with Crippen molar-refractivity contribution in [3.63, 3.8) is 0 Å². The maximum atomic E-state index is 13.5. The van der Waals surface area contributed by atoms with E-state index < -0.39 is 47.9 Å². The molecule has 1 aromatic heterocycles. The summed E-state index contributed by atoms with van der Waals surface area (Å²) < 4.78 is 0. The fourth-order valence-corrected chi connectivity index (χ4v) is 5.24. The molecule has 0 radical (unpaired) electrons. The van der Waals surface area contributed by atoms with Gasteiger partial charge in [0.1, 0.15) is 24.2 Å². The molecule has 3 heterocycles. The molecule has 6 N–H and O–H groups in total. The number of aromatic nitrogens is 2. The highest BCUT2D eigenvalue weighted by atomic mass is 16.4. The minimum absolute atomic E-state index is 0.0223. The van der Waals surface area contributed by atoms with Crippen LogP contribution in [0, 0.1) is 11.8 Å². The van der Waals surface area contributed by atoms with Crippen LogP contribution in [0.3, 0.4) is 0 Å². The van der Waals surface area contributed by atoms with Gasteiger partial charge >= 0.3 is 5.97 Å². The maximum absolute atomic E-state index is 13.5. The number of rotatable bonds is 13. The number of carboxylic acids is 1. The molecular formula is C27H43N7O6. The van der Waals surface area contributed by atoms with Crippen LogP contribution in [0.5, 0.6) is 0 Å². The van der Waals surface area contributed by atoms with Gasteiger partial charge < -0.3 is 36.3 Å². The molecule has 222 valence electrons. The van der Waals surface area contributed by atoms with Crippen molar-refractivity contribution in [2.24, 2.45) is 11.8 Å². The van der Waals surface area contributed by atoms with Crippen molar-refractivity contribution in [3.8, 4) is 0 Å². The summed E-state index contributed by atoms with van der Waals surface area (Å²) in [6.45, 7) is 8.52. The normalized spacial score (nSPS) is 21.2. The van der Waals surface area contributed by atoms with Crippen LogP contribution < -0.4 is 21.3 Å². The highest BCUT2D eigenvalue weighted by Gasteiger charge is 2.40. The molecule has 0 spiro atoms. The molecule has 4 amide bonds. The summed E-state index contributed by atoms with van der Waals surface area (Å²) >= 11 is 0. The Morgan fingerprint density at radius 2 is 1.75 bits per heavy atom. The Kier molecular flexibility index (Phi) is 11.1. The second-order valence-corrected chi connectivity index (χ2v) is 11.4. The summed E-state index contributed by atoms with van der Waals surface area (Å²) in [5.41, 5.74) is 0.571. The SMILES string of the molecule is CC(C)C[C@H](NC(=O)[C@H](Cc1cnc[nH]1)NC(=O)[C@@H](NC(=O)[C@@H]1CCCN1C(=O)[C@@H]1CCCN1)C(C)C)C(=O)O. The molecule has 0 saturated carbocycles. The molecule has 0 aliphatic carbocycles. The van der Waals surface area contributed by atoms with E-state index in [1.807, 2.05) is 13.8 Å². The zero-order valence-electron chi connectivity index (χ0n) is 23.7. The molecule has 2 aliphatic rings. The van der Waals surface area contributed by atoms with E-state index in [0.717, 1.165) is 19.4 Å². The van der Waals surface area contributed by atoms with Gasteiger partial charge in [0.25, 0.3) is 0 Å². The van der Waals surface area contributed by atoms with Gasteiger partial charge in [0.15, 0.2) is 0 Å². The number of aliphatic carboxylic acids is 1. The number of hydrogen-bond acceptors (Lipinski definition) is 7. The molecule has 5 atom stereocenters. The van der Waals surface area contributed by atoms with Crippen molar-refractivity contribution >= 4 is 29.6 Å². The number of hydrogen-bond donors (Lipinski definition) is 6. The predicted octanol–water partition coefficient (Wildman–Crippen LogP) is -0.0637. The summed E-state index contributed by atoms with van der Waals surface area (Å²) in [5.74, 6) is -3.19. The van der Waals surface area contributed by atoms with E-state index in [1.54, 1.807) is 18.7 Å². The van der Waals surface area contributed by atoms with Gasteiger partial charge in [-0.3, -0.25) is 19.2 Å². The topological polar surface area (TPSA) is 186 Å². The molecule has 13 heteroatoms. The Morgan fingerprint density at radius 3 is 2.33 bits per heavy atom. The standard InChI is InChI=1S/C27H43N7O6/c1-15(2)11-20(27(39)40)32-23(35)19(12-17-13-28-14-30-17)31-25(37)22(16(3)4)33-24(36)21-8-6-10-34(21)26(38)18-7-5-9-29-18/h13-16,18-22,29H,5-12H2,1-4H3,(H,28,30)(H,31,37)(H,32,35)(H,33,36)(H,39,40)/t18-,19-,20-,21-,22-/m0/s1. The fourth-order valence-electron chi connectivity index (χ4n) is 5.24. The minimum atomic E-state index is -1.16. The molecule has 40 heavy (non-hydrogen) atoms. The van der Waals surface area contributed by atoms with Gasteiger partial charge in [0, 0.05) is 24.9 Å². The molecule has 2 saturated heterocycles. The zero-order chi connectivity index (χ0) is 29.4. The van der Waals surface area contributed by atoms with Crippen LogP contribution in [0.4, 0.5) is 0 Å². The van der Waals surface area contributed by atoms with Crippen LogP contribution in [0.1, 0.15) is 65.5 Å². The van der Waals surface area contributed by atoms with Crippen LogP contribution in [-0.4, -0.2) is 92.9 Å². The third-order valence-electron chi connectivity index (χ3n) is 7.38. The van der Waals surface area contributed by atoms with E-state index in [1.165, 1.54) is 12.5 Å². The molecule has 2 aliphatic heterocycles. The van der Waals surface area contributed by atoms with E-state index in [4.69, 9.17) is 0 Å². The Balaban J connectivity index is 1.71. The van der Waals surface area contributed by atoms with Crippen LogP contribution in [0.15, 0.2) is 12.5 Å². The van der Waals surface area contributed by atoms with Crippen molar-refractivity contribution in [1.82, 2.24) is 36.1 Å². The summed E-state index contributed by atoms with van der Waals surface area (Å²) in [6.07, 6.45) is 6.08. The number of nitrogens with one attached hydrogen (secondary N) is 5. The summed E-state index contributed by atoms with van der Waals surface area (Å²) in [4.78, 5) is 73.2. The van der Waals surface area contributed by atoms with Gasteiger partial charge in [-0.25, -0.2) is 9.78 Å². The minimum Gasteiger partial charge on any atom is -0.480 e. The first-order chi connectivity index (χ1) is 19.0. The molecule has 0 aromatic carbocycles. The third-order valence-corrected chi connectivity index (χ3v) is 7.38. The first kappa shape index (κ1) is 31.1. The van der Waals surface area contributed by atoms with Crippen molar-refractivity contribution in [2.75, 3.05) is 13.1 Å². The molecule has 0 unspecified atom stereocenters. The second kappa shape index (κ2) is 14.2. The molecule has 0 bridgehead atoms. The number of H-pyrrole nitrogens is 1. The lowest BCUT2D eigenvalue weighted by Gasteiger charge is -2.30. The van der Waals surface area contributed by atoms with Gasteiger partial charge in [-0.1, -0.05) is 27.7 Å². The molecule has 1 aromatic rings. The lowest BCUT2D eigenvalue weighted by molar-refractivity contribution is -0.143. The van der Waals surface area contributed by atoms with Crippen LogP contribution in [-0.2, 0) is 30.4 Å². The monoisotopic (exact) mass is 561 g/mol. The lowest BCUT2D eigenvalue weighted by atomic mass is 10.0. The van der Waals surface area contributed by atoms with Gasteiger partial charge in [-0.15, -0.1) is 0 Å². The first-order valence-electron chi connectivity index (χ1n) is 14.1. The van der Waals surface area contributed by atoms with E-state index in [0.29, 0.717) is 25.1 Å². The highest BCUT2D eigenvalue weighted by Crippen LogP contribution is 2.21. The van der Waals surface area contributed by atoms with Crippen molar-refractivity contribution < 1.29 is 29.1 Å². The smallest absolute Gasteiger partial charge is 0.326 e.